The Morgan fingerprint density at radius 1 is 0.308 bits per heavy atom. The smallest absolute Gasteiger partial charge is 1.00 e. The SMILES string of the molecule is Clc1nc(-c2ccc3ccccc3c2)c2ccccc2n1.[2H]CF.[H-].[Na+].c1ccc2cc(-c3nc(-n4c5ccccc5c5c6c7ccccc7n(-c7ccc8ccccc8c7)c6ccc54)nc4ccccc34)ccc2c1.c1ccc2cc(-n3c4ccccc4c4c5c(ccc43)[nH]c3ccccc35)ccc2c1. The van der Waals surface area contributed by atoms with Crippen molar-refractivity contribution in [2.45, 2.75) is 0 Å². The molecule has 0 aliphatic rings. The minimum atomic E-state index is -1.00. The Hall–Kier alpha value is -12.3. The minimum absolute atomic E-state index is 0. The van der Waals surface area contributed by atoms with Gasteiger partial charge in [0, 0.05) is 87.4 Å². The maximum Gasteiger partial charge on any atom is 1.00 e. The number of fused-ring (bicyclic) bond motifs is 20. The average Bonchev–Trinajstić information content (AvgIpc) is 1.55. The fraction of sp³-hybridized carbons (Fsp3) is 0.0108. The molecule has 0 spiro atoms. The number of halogens is 2. The van der Waals surface area contributed by atoms with E-state index in [1.54, 1.807) is 0 Å². The topological polar surface area (TPSA) is 82.1 Å². The Balaban J connectivity index is 0.000000125. The van der Waals surface area contributed by atoms with Crippen LogP contribution in [0.15, 0.2) is 340 Å². The van der Waals surface area contributed by atoms with Crippen LogP contribution in [-0.2, 0) is 0 Å². The molecule has 0 aliphatic heterocycles. The van der Waals surface area contributed by atoms with Crippen molar-refractivity contribution in [2.24, 2.45) is 0 Å². The summed E-state index contributed by atoms with van der Waals surface area (Å²) in [5.41, 5.74) is 17.4. The fourth-order valence-electron chi connectivity index (χ4n) is 15.6. The largest absolute Gasteiger partial charge is 1.00 e. The molecule has 488 valence electrons. The summed E-state index contributed by atoms with van der Waals surface area (Å²) in [5, 5.41) is 22.1. The quantitative estimate of drug-likeness (QED) is 0.137. The molecule has 0 unspecified atom stereocenters. The van der Waals surface area contributed by atoms with Crippen molar-refractivity contribution in [2.75, 3.05) is 7.15 Å². The number of aromatic nitrogens is 8. The summed E-state index contributed by atoms with van der Waals surface area (Å²) in [5.74, 6) is 0.663. The van der Waals surface area contributed by atoms with Crippen LogP contribution in [0.1, 0.15) is 2.80 Å². The molecule has 8 nitrogen and oxygen atoms in total. The third kappa shape index (κ3) is 10.8. The van der Waals surface area contributed by atoms with Gasteiger partial charge in [0.05, 0.1) is 64.0 Å². The second-order valence-corrected chi connectivity index (χ2v) is 26.2. The van der Waals surface area contributed by atoms with Gasteiger partial charge in [0.15, 0.2) is 0 Å². The Morgan fingerprint density at radius 3 is 1.16 bits per heavy atom. The molecule has 11 heteroatoms. The van der Waals surface area contributed by atoms with Gasteiger partial charge in [0.25, 0.3) is 0 Å². The molecule has 1 N–H and O–H groups in total. The molecular formula is C93H61ClFN8Na. The Morgan fingerprint density at radius 2 is 0.663 bits per heavy atom. The second kappa shape index (κ2) is 26.6. The molecule has 0 radical (unpaired) electrons. The van der Waals surface area contributed by atoms with Crippen molar-refractivity contribution in [3.05, 3.63) is 345 Å². The molecule has 0 bridgehead atoms. The summed E-state index contributed by atoms with van der Waals surface area (Å²) >= 11 is 6.07. The van der Waals surface area contributed by atoms with Crippen LogP contribution >= 0.6 is 11.6 Å². The van der Waals surface area contributed by atoms with Crippen LogP contribution in [0.2, 0.25) is 5.28 Å². The zero-order valence-corrected chi connectivity index (χ0v) is 59.2. The first-order valence-corrected chi connectivity index (χ1v) is 34.7. The maximum absolute atomic E-state index is 9.96. The van der Waals surface area contributed by atoms with Crippen molar-refractivity contribution >= 4 is 164 Å². The Labute approximate surface area is 626 Å². The predicted molar refractivity (Wildman–Crippen MR) is 432 cm³/mol. The summed E-state index contributed by atoms with van der Waals surface area (Å²) in [6.07, 6.45) is 0. The number of nitrogens with zero attached hydrogens (tertiary/aromatic N) is 7. The van der Waals surface area contributed by atoms with Crippen LogP contribution < -0.4 is 29.6 Å². The first kappa shape index (κ1) is 62.6. The molecule has 6 heterocycles. The first-order chi connectivity index (χ1) is 51.4. The van der Waals surface area contributed by atoms with Crippen LogP contribution in [-0.4, -0.2) is 45.8 Å². The number of alkyl halides is 1. The third-order valence-corrected chi connectivity index (χ3v) is 20.3. The van der Waals surface area contributed by atoms with Crippen molar-refractivity contribution in [3.63, 3.8) is 0 Å². The summed E-state index contributed by atoms with van der Waals surface area (Å²) < 4.78 is 22.6. The van der Waals surface area contributed by atoms with E-state index in [2.05, 4.69) is 332 Å². The van der Waals surface area contributed by atoms with Gasteiger partial charge < -0.3 is 15.5 Å². The number of hydrogen-bond donors (Lipinski definition) is 1. The van der Waals surface area contributed by atoms with E-state index in [0.29, 0.717) is 5.95 Å². The molecule has 0 saturated carbocycles. The van der Waals surface area contributed by atoms with E-state index in [1.807, 2.05) is 36.4 Å². The van der Waals surface area contributed by atoms with Gasteiger partial charge in [-0.3, -0.25) is 8.96 Å². The summed E-state index contributed by atoms with van der Waals surface area (Å²) in [6.45, 7) is 0. The standard InChI is InChI=1S/C46H28N4.C28H18N2.C18H11ClN2.CH3F.Na.H/c1-3-13-31-27-33(22-21-29(31)11-1)45-35-15-5-8-18-38(35)47-46(48-45)50-40-20-10-7-17-37(40)44-42(50)26-25-41-43(44)36-16-6-9-19-39(36)49(41)34-24-23-30-12-2-4-14-32(30)28-34;1-2-8-19-17-20(14-13-18(19)7-1)30-25-12-6-4-10-22(25)28-26(30)16-15-24-27(28)21-9-3-5-11-23(21)29-24;19-18-20-16-8-4-3-7-15(16)17(21-18)14-10-9-12-5-1-2-6-13(12)11-14;1-2;;/h1-28H;1-17,29H;1-11H;1H3;;/q;;;;+1;-1/i;;;1D;;. The summed E-state index contributed by atoms with van der Waals surface area (Å²) in [7, 11) is -1.00. The van der Waals surface area contributed by atoms with Gasteiger partial charge in [-0.1, -0.05) is 243 Å². The number of aromatic amines is 1. The second-order valence-electron chi connectivity index (χ2n) is 25.9. The first-order valence-electron chi connectivity index (χ1n) is 35.0. The molecular weight excluding hydrogens is 1310 g/mol. The average molecular weight is 1370 g/mol. The van der Waals surface area contributed by atoms with Crippen LogP contribution in [0.4, 0.5) is 4.39 Å². The van der Waals surface area contributed by atoms with E-state index in [9.17, 15) is 4.39 Å². The van der Waals surface area contributed by atoms with E-state index in [4.69, 9.17) is 22.9 Å². The van der Waals surface area contributed by atoms with E-state index in [1.165, 1.54) is 125 Å². The van der Waals surface area contributed by atoms with Crippen LogP contribution in [0, 0.1) is 0 Å². The van der Waals surface area contributed by atoms with Gasteiger partial charge in [-0.2, -0.15) is 0 Å². The fourth-order valence-corrected chi connectivity index (χ4v) is 15.8. The molecule has 6 aromatic heterocycles. The normalized spacial score (nSPS) is 11.7. The number of rotatable bonds is 5. The molecule has 22 aromatic rings. The number of benzene rings is 16. The van der Waals surface area contributed by atoms with E-state index < -0.39 is 7.15 Å². The summed E-state index contributed by atoms with van der Waals surface area (Å²) in [6, 6.07) is 120. The molecule has 0 aliphatic carbocycles. The van der Waals surface area contributed by atoms with Gasteiger partial charge in [-0.15, -0.1) is 0 Å². The number of hydrogen-bond acceptors (Lipinski definition) is 4. The van der Waals surface area contributed by atoms with Crippen molar-refractivity contribution < 1.29 is 36.7 Å². The molecule has 0 amide bonds. The molecule has 0 atom stereocenters. The third-order valence-electron chi connectivity index (χ3n) is 20.2. The maximum atomic E-state index is 9.96. The van der Waals surface area contributed by atoms with Gasteiger partial charge in [0.1, 0.15) is 0 Å². The molecule has 22 rings (SSSR count). The minimum Gasteiger partial charge on any atom is -1.00 e. The van der Waals surface area contributed by atoms with Gasteiger partial charge in [0.2, 0.25) is 11.2 Å². The molecule has 0 fully saturated rings. The van der Waals surface area contributed by atoms with E-state index in [-0.39, 0.29) is 36.3 Å². The molecule has 16 aromatic carbocycles. The van der Waals surface area contributed by atoms with E-state index >= 15 is 0 Å². The van der Waals surface area contributed by atoms with Crippen LogP contribution in [0.5, 0.6) is 0 Å². The van der Waals surface area contributed by atoms with Gasteiger partial charge in [-0.25, -0.2) is 19.9 Å². The predicted octanol–water partition coefficient (Wildman–Crippen LogP) is 22.2. The Bertz CT molecular complexity index is 7190. The molecule has 0 saturated heterocycles. The van der Waals surface area contributed by atoms with Crippen molar-refractivity contribution in [1.82, 2.24) is 38.6 Å². The molecule has 104 heavy (non-hydrogen) atoms. The van der Waals surface area contributed by atoms with Gasteiger partial charge >= 0.3 is 29.6 Å². The van der Waals surface area contributed by atoms with Crippen LogP contribution in [0.25, 0.3) is 192 Å². The van der Waals surface area contributed by atoms with Crippen molar-refractivity contribution in [3.8, 4) is 39.8 Å². The number of para-hydroxylation sites is 6. The van der Waals surface area contributed by atoms with E-state index in [0.717, 1.165) is 61.0 Å². The monoisotopic (exact) mass is 1370 g/mol. The zero-order chi connectivity index (χ0) is 69.4. The van der Waals surface area contributed by atoms with Gasteiger partial charge in [-0.05, 0) is 152 Å². The zero-order valence-electron chi connectivity index (χ0n) is 58.4. The van der Waals surface area contributed by atoms with Crippen LogP contribution in [0.3, 0.4) is 0 Å². The van der Waals surface area contributed by atoms with Crippen molar-refractivity contribution in [1.29, 1.82) is 0 Å². The summed E-state index contributed by atoms with van der Waals surface area (Å²) in [4.78, 5) is 22.9. The Kier molecular flexibility index (Phi) is 16.0. The number of H-pyrrole nitrogens is 1. The number of nitrogens with one attached hydrogen (secondary N) is 1.